The minimum atomic E-state index is -1.61. The number of hydrogen-bond acceptors (Lipinski definition) is 12. The van der Waals surface area contributed by atoms with Crippen molar-refractivity contribution in [2.45, 2.75) is 97.2 Å². The Morgan fingerprint density at radius 2 is 1.71 bits per heavy atom. The van der Waals surface area contributed by atoms with Crippen molar-refractivity contribution in [1.29, 1.82) is 0 Å². The summed E-state index contributed by atoms with van der Waals surface area (Å²) >= 11 is 0.981. The topological polar surface area (TPSA) is 212 Å². The molecule has 1 aliphatic rings. The predicted octanol–water partition coefficient (Wildman–Crippen LogP) is 0.778. The highest BCUT2D eigenvalue weighted by molar-refractivity contribution is 7.14. The van der Waals surface area contributed by atoms with Crippen molar-refractivity contribution in [2.24, 2.45) is 10.9 Å². The van der Waals surface area contributed by atoms with Crippen LogP contribution in [0, 0.1) is 0 Å². The third-order valence-corrected chi connectivity index (χ3v) is 5.79. The monoisotopic (exact) mass is 597 g/mol. The van der Waals surface area contributed by atoms with Gasteiger partial charge in [-0.25, -0.2) is 14.6 Å². The van der Waals surface area contributed by atoms with Crippen LogP contribution >= 0.6 is 11.3 Å². The van der Waals surface area contributed by atoms with E-state index in [0.717, 1.165) is 11.3 Å². The molecule has 0 aliphatic carbocycles. The molecule has 1 fully saturated rings. The van der Waals surface area contributed by atoms with E-state index >= 15 is 0 Å². The number of carbonyl (C=O) groups is 5. The van der Waals surface area contributed by atoms with Gasteiger partial charge >= 0.3 is 12.1 Å². The number of rotatable bonds is 10. The lowest BCUT2D eigenvalue weighted by Gasteiger charge is -2.37. The number of amides is 4. The van der Waals surface area contributed by atoms with Gasteiger partial charge in [0.05, 0.1) is 12.1 Å². The van der Waals surface area contributed by atoms with Crippen molar-refractivity contribution in [3.05, 3.63) is 11.1 Å². The number of thiazole rings is 1. The first-order chi connectivity index (χ1) is 18.7. The van der Waals surface area contributed by atoms with Crippen LogP contribution in [-0.4, -0.2) is 82.0 Å². The molecule has 41 heavy (non-hydrogen) atoms. The molecule has 15 nitrogen and oxygen atoms in total. The predicted molar refractivity (Wildman–Crippen MR) is 150 cm³/mol. The van der Waals surface area contributed by atoms with Gasteiger partial charge in [-0.05, 0) is 62.3 Å². The van der Waals surface area contributed by atoms with Gasteiger partial charge in [-0.2, -0.15) is 0 Å². The molecular formula is C25H39N7O8S. The Bertz CT molecular complexity index is 1200. The fourth-order valence-corrected chi connectivity index (χ4v) is 3.67. The average Bonchev–Trinajstić information content (AvgIpc) is 3.25. The van der Waals surface area contributed by atoms with Crippen LogP contribution in [0.2, 0.25) is 0 Å². The Hall–Kier alpha value is -3.79. The van der Waals surface area contributed by atoms with Gasteiger partial charge in [0.15, 0.2) is 10.8 Å². The van der Waals surface area contributed by atoms with Crippen molar-refractivity contribution in [2.75, 3.05) is 11.9 Å². The molecule has 1 aromatic rings. The molecule has 2 rings (SSSR count). The first-order valence-corrected chi connectivity index (χ1v) is 13.7. The van der Waals surface area contributed by atoms with Gasteiger partial charge in [0.25, 0.3) is 5.91 Å². The Kier molecular flexibility index (Phi) is 10.4. The molecule has 1 aromatic heterocycles. The van der Waals surface area contributed by atoms with Crippen LogP contribution in [0.3, 0.4) is 0 Å². The van der Waals surface area contributed by atoms with Crippen molar-refractivity contribution < 1.29 is 38.3 Å². The van der Waals surface area contributed by atoms with E-state index in [9.17, 15) is 24.0 Å². The lowest BCUT2D eigenvalue weighted by Crippen LogP contribution is -2.72. The van der Waals surface area contributed by atoms with Crippen LogP contribution in [0.5, 0.6) is 0 Å². The first kappa shape index (κ1) is 33.4. The van der Waals surface area contributed by atoms with E-state index in [1.165, 1.54) is 26.2 Å². The van der Waals surface area contributed by atoms with Crippen LogP contribution in [0.1, 0.15) is 68.0 Å². The molecule has 228 valence electrons. The fraction of sp³-hybridized carbons (Fsp3) is 0.640. The van der Waals surface area contributed by atoms with E-state index in [2.05, 4.69) is 31.4 Å². The third kappa shape index (κ3) is 10.3. The molecule has 0 radical (unpaired) electrons. The molecule has 2 heterocycles. The minimum Gasteiger partial charge on any atom is -0.457 e. The second kappa shape index (κ2) is 12.8. The Morgan fingerprint density at radius 3 is 2.24 bits per heavy atom. The molecule has 1 aliphatic heterocycles. The first-order valence-electron chi connectivity index (χ1n) is 12.8. The number of carbonyl (C=O) groups excluding carboxylic acids is 5. The van der Waals surface area contributed by atoms with Crippen molar-refractivity contribution >= 4 is 52.0 Å². The molecule has 0 aromatic carbocycles. The molecule has 3 atom stereocenters. The highest BCUT2D eigenvalue weighted by Crippen LogP contribution is 2.21. The number of aromatic nitrogens is 1. The summed E-state index contributed by atoms with van der Waals surface area (Å²) < 4.78 is 10.6. The van der Waals surface area contributed by atoms with Crippen LogP contribution in [0.25, 0.3) is 0 Å². The molecule has 4 amide bonds. The summed E-state index contributed by atoms with van der Waals surface area (Å²) in [4.78, 5) is 71.9. The highest BCUT2D eigenvalue weighted by atomic mass is 32.1. The molecule has 16 heteroatoms. The highest BCUT2D eigenvalue weighted by Gasteiger charge is 2.42. The van der Waals surface area contributed by atoms with Gasteiger partial charge in [0.2, 0.25) is 17.4 Å². The summed E-state index contributed by atoms with van der Waals surface area (Å²) in [5, 5.41) is 15.6. The second-order valence-corrected chi connectivity index (χ2v) is 12.7. The van der Waals surface area contributed by atoms with E-state index in [1.807, 2.05) is 0 Å². The number of anilines is 1. The zero-order chi connectivity index (χ0) is 31.3. The lowest BCUT2D eigenvalue weighted by atomic mass is 9.98. The molecule has 6 N–H and O–H groups in total. The van der Waals surface area contributed by atoms with E-state index in [-0.39, 0.29) is 23.1 Å². The zero-order valence-electron chi connectivity index (χ0n) is 24.7. The largest absolute Gasteiger partial charge is 0.457 e. The smallest absolute Gasteiger partial charge is 0.413 e. The summed E-state index contributed by atoms with van der Waals surface area (Å²) in [7, 11) is 0. The summed E-state index contributed by atoms with van der Waals surface area (Å²) in [6.45, 7) is 14.5. The third-order valence-electron chi connectivity index (χ3n) is 5.03. The molecule has 0 bridgehead atoms. The van der Waals surface area contributed by atoms with Crippen molar-refractivity contribution in [1.82, 2.24) is 20.9 Å². The van der Waals surface area contributed by atoms with E-state index < -0.39 is 64.7 Å². The maximum absolute atomic E-state index is 13.3. The Labute approximate surface area is 242 Å². The van der Waals surface area contributed by atoms with Crippen molar-refractivity contribution in [3.8, 4) is 0 Å². The summed E-state index contributed by atoms with van der Waals surface area (Å²) in [5.74, 6) is -2.51. The quantitative estimate of drug-likeness (QED) is 0.111. The van der Waals surface area contributed by atoms with E-state index in [1.54, 1.807) is 41.5 Å². The van der Waals surface area contributed by atoms with Crippen LogP contribution < -0.4 is 27.0 Å². The number of esters is 1. The number of nitrogens with zero attached hydrogens (tertiary/aromatic N) is 2. The van der Waals surface area contributed by atoms with Crippen LogP contribution in [0.15, 0.2) is 10.5 Å². The number of hydrogen-bond donors (Lipinski definition) is 5. The summed E-state index contributed by atoms with van der Waals surface area (Å²) in [6.07, 6.45) is -0.758. The maximum atomic E-state index is 13.3. The van der Waals surface area contributed by atoms with Gasteiger partial charge in [-0.1, -0.05) is 5.16 Å². The number of β-lactam (4-membered cyclic amide) rings is 1. The van der Waals surface area contributed by atoms with Crippen LogP contribution in [-0.2, 0) is 33.5 Å². The Balaban J connectivity index is 2.29. The average molecular weight is 598 g/mol. The minimum absolute atomic E-state index is 0.0138. The molecule has 1 saturated heterocycles. The number of nitrogens with two attached hydrogens (primary N) is 1. The molecule has 0 spiro atoms. The van der Waals surface area contributed by atoms with E-state index in [0.29, 0.717) is 0 Å². The second-order valence-electron chi connectivity index (χ2n) is 11.8. The number of ether oxygens (including phenoxy) is 2. The number of oxime groups is 1. The normalized spacial score (nSPS) is 18.3. The van der Waals surface area contributed by atoms with Gasteiger partial charge < -0.3 is 36.0 Å². The van der Waals surface area contributed by atoms with Crippen molar-refractivity contribution in [3.63, 3.8) is 0 Å². The van der Waals surface area contributed by atoms with Crippen LogP contribution in [0.4, 0.5) is 9.93 Å². The zero-order valence-corrected chi connectivity index (χ0v) is 25.5. The van der Waals surface area contributed by atoms with Gasteiger partial charge in [-0.15, -0.1) is 11.3 Å². The maximum Gasteiger partial charge on any atom is 0.413 e. The standard InChI is InChI=1S/C25H39N7O8S/c1-12(26)17(33)27-10-13-15(18(34)28-13)30-19(35)16(32-40-25(8,9)20(36)38-23(2,3)4)14-11-41-21(29-14)31-22(37)39-24(5,6)7/h11-13,15H,10,26H2,1-9H3,(H,27,33)(H,28,34)(H,30,35)(H,29,31,37)/b32-16-/t12-,13-,15+/m1/s1. The van der Waals surface area contributed by atoms with Gasteiger partial charge in [-0.3, -0.25) is 19.7 Å². The van der Waals surface area contributed by atoms with Gasteiger partial charge in [0, 0.05) is 11.9 Å². The lowest BCUT2D eigenvalue weighted by molar-refractivity contribution is -0.179. The Morgan fingerprint density at radius 1 is 1.10 bits per heavy atom. The molecular weight excluding hydrogens is 558 g/mol. The summed E-state index contributed by atoms with van der Waals surface area (Å²) in [5.41, 5.74) is 1.99. The summed E-state index contributed by atoms with van der Waals surface area (Å²) in [6, 6.07) is -2.39. The molecule has 0 unspecified atom stereocenters. The number of nitrogens with one attached hydrogen (secondary N) is 4. The van der Waals surface area contributed by atoms with E-state index in [4.69, 9.17) is 20.0 Å². The van der Waals surface area contributed by atoms with Gasteiger partial charge in [0.1, 0.15) is 22.9 Å². The molecule has 0 saturated carbocycles. The SMILES string of the molecule is C[C@@H](N)C(=O)NC[C@H]1NC(=O)[C@H]1NC(=O)/C(=N\OC(C)(C)C(=O)OC(C)(C)C)c1csc(NC(=O)OC(C)(C)C)n1. The fourth-order valence-electron chi connectivity index (χ4n) is 2.99.